The summed E-state index contributed by atoms with van der Waals surface area (Å²) in [7, 11) is -3.20. The van der Waals surface area contributed by atoms with Crippen LogP contribution in [0.3, 0.4) is 0 Å². The quantitative estimate of drug-likeness (QED) is 0.643. The van der Waals surface area contributed by atoms with E-state index in [2.05, 4.69) is 10.0 Å². The molecule has 0 aliphatic rings. The van der Waals surface area contributed by atoms with Crippen molar-refractivity contribution in [2.24, 2.45) is 0 Å². The van der Waals surface area contributed by atoms with Gasteiger partial charge >= 0.3 is 0 Å². The van der Waals surface area contributed by atoms with Gasteiger partial charge in [0.2, 0.25) is 15.9 Å². The van der Waals surface area contributed by atoms with E-state index in [4.69, 9.17) is 0 Å². The number of carbonyl (C=O) groups is 1. The second kappa shape index (κ2) is 9.58. The van der Waals surface area contributed by atoms with Gasteiger partial charge in [0.25, 0.3) is 0 Å². The van der Waals surface area contributed by atoms with Crippen molar-refractivity contribution in [3.05, 3.63) is 35.4 Å². The minimum absolute atomic E-state index is 0.0617. The van der Waals surface area contributed by atoms with Gasteiger partial charge in [-0.3, -0.25) is 4.79 Å². The molecule has 0 aromatic heterocycles. The third kappa shape index (κ3) is 8.14. The molecule has 0 aliphatic heterocycles. The molecule has 0 aliphatic carbocycles. The van der Waals surface area contributed by atoms with Crippen LogP contribution < -0.4 is 10.0 Å². The summed E-state index contributed by atoms with van der Waals surface area (Å²) in [6.45, 7) is 4.53. The van der Waals surface area contributed by atoms with E-state index in [1.807, 2.05) is 38.1 Å². The van der Waals surface area contributed by atoms with E-state index in [0.717, 1.165) is 12.0 Å². The SMILES string of the molecule is CCCCS(=O)(=O)NCCNC(=O)CCc1ccc(C)cc1. The van der Waals surface area contributed by atoms with Gasteiger partial charge in [-0.25, -0.2) is 13.1 Å². The van der Waals surface area contributed by atoms with Crippen molar-refractivity contribution in [2.45, 2.75) is 39.5 Å². The molecular formula is C16H26N2O3S. The van der Waals surface area contributed by atoms with Gasteiger partial charge in [-0.1, -0.05) is 43.2 Å². The Morgan fingerprint density at radius 3 is 2.45 bits per heavy atom. The highest BCUT2D eigenvalue weighted by molar-refractivity contribution is 7.89. The number of unbranched alkanes of at least 4 members (excludes halogenated alkanes) is 1. The molecule has 0 spiro atoms. The van der Waals surface area contributed by atoms with E-state index in [9.17, 15) is 13.2 Å². The number of rotatable bonds is 10. The number of benzene rings is 1. The van der Waals surface area contributed by atoms with Gasteiger partial charge in [-0.05, 0) is 25.3 Å². The Labute approximate surface area is 133 Å². The fourth-order valence-corrected chi connectivity index (χ4v) is 3.14. The average Bonchev–Trinajstić information content (AvgIpc) is 2.49. The lowest BCUT2D eigenvalue weighted by atomic mass is 10.1. The smallest absolute Gasteiger partial charge is 0.220 e. The predicted octanol–water partition coefficient (Wildman–Crippen LogP) is 1.76. The first-order valence-corrected chi connectivity index (χ1v) is 9.38. The number of sulfonamides is 1. The van der Waals surface area contributed by atoms with Crippen molar-refractivity contribution < 1.29 is 13.2 Å². The van der Waals surface area contributed by atoms with Crippen molar-refractivity contribution in [1.29, 1.82) is 0 Å². The fourth-order valence-electron chi connectivity index (χ4n) is 1.92. The van der Waals surface area contributed by atoms with Gasteiger partial charge in [0, 0.05) is 19.5 Å². The lowest BCUT2D eigenvalue weighted by Crippen LogP contribution is -2.35. The van der Waals surface area contributed by atoms with Crippen LogP contribution in [0.4, 0.5) is 0 Å². The third-order valence-electron chi connectivity index (χ3n) is 3.30. The molecule has 2 N–H and O–H groups in total. The minimum atomic E-state index is -3.20. The number of aryl methyl sites for hydroxylation is 2. The van der Waals surface area contributed by atoms with E-state index >= 15 is 0 Å². The van der Waals surface area contributed by atoms with E-state index < -0.39 is 10.0 Å². The van der Waals surface area contributed by atoms with Crippen molar-refractivity contribution in [1.82, 2.24) is 10.0 Å². The van der Waals surface area contributed by atoms with Crippen LogP contribution in [0.25, 0.3) is 0 Å². The summed E-state index contributed by atoms with van der Waals surface area (Å²) in [5, 5.41) is 2.73. The average molecular weight is 326 g/mol. The summed E-state index contributed by atoms with van der Waals surface area (Å²) in [6, 6.07) is 8.09. The maximum atomic E-state index is 11.7. The molecule has 0 unspecified atom stereocenters. The number of hydrogen-bond acceptors (Lipinski definition) is 3. The third-order valence-corrected chi connectivity index (χ3v) is 4.77. The molecule has 124 valence electrons. The first-order valence-electron chi connectivity index (χ1n) is 7.72. The van der Waals surface area contributed by atoms with Gasteiger partial charge in [0.05, 0.1) is 5.75 Å². The van der Waals surface area contributed by atoms with E-state index in [1.165, 1.54) is 5.56 Å². The second-order valence-electron chi connectivity index (χ2n) is 5.40. The largest absolute Gasteiger partial charge is 0.355 e. The van der Waals surface area contributed by atoms with Crippen LogP contribution in [-0.4, -0.2) is 33.2 Å². The Bertz CT molecular complexity index is 553. The molecule has 5 nitrogen and oxygen atoms in total. The molecule has 1 rings (SSSR count). The monoisotopic (exact) mass is 326 g/mol. The zero-order valence-electron chi connectivity index (χ0n) is 13.4. The molecule has 0 bridgehead atoms. The Balaban J connectivity index is 2.17. The number of hydrogen-bond donors (Lipinski definition) is 2. The van der Waals surface area contributed by atoms with Crippen LogP contribution in [0.1, 0.15) is 37.3 Å². The standard InChI is InChI=1S/C16H26N2O3S/c1-3-4-13-22(20,21)18-12-11-17-16(19)10-9-15-7-5-14(2)6-8-15/h5-8,18H,3-4,9-13H2,1-2H3,(H,17,19). The lowest BCUT2D eigenvalue weighted by Gasteiger charge is -2.08. The summed E-state index contributed by atoms with van der Waals surface area (Å²) in [4.78, 5) is 11.7. The van der Waals surface area contributed by atoms with Crippen LogP contribution in [-0.2, 0) is 21.2 Å². The molecule has 1 amide bonds. The van der Waals surface area contributed by atoms with Crippen LogP contribution in [0.2, 0.25) is 0 Å². The topological polar surface area (TPSA) is 75.3 Å². The molecular weight excluding hydrogens is 300 g/mol. The van der Waals surface area contributed by atoms with Gasteiger partial charge < -0.3 is 5.32 Å². The fraction of sp³-hybridized carbons (Fsp3) is 0.562. The second-order valence-corrected chi connectivity index (χ2v) is 7.33. The number of amides is 1. The summed E-state index contributed by atoms with van der Waals surface area (Å²) < 4.78 is 25.6. The first-order chi connectivity index (χ1) is 10.4. The highest BCUT2D eigenvalue weighted by Gasteiger charge is 2.08. The molecule has 22 heavy (non-hydrogen) atoms. The highest BCUT2D eigenvalue weighted by Crippen LogP contribution is 2.05. The number of nitrogens with one attached hydrogen (secondary N) is 2. The predicted molar refractivity (Wildman–Crippen MR) is 89.2 cm³/mol. The molecule has 1 aromatic rings. The van der Waals surface area contributed by atoms with Crippen molar-refractivity contribution in [2.75, 3.05) is 18.8 Å². The van der Waals surface area contributed by atoms with Crippen molar-refractivity contribution >= 4 is 15.9 Å². The molecule has 0 saturated heterocycles. The van der Waals surface area contributed by atoms with Gasteiger partial charge in [-0.2, -0.15) is 0 Å². The molecule has 0 heterocycles. The molecule has 0 radical (unpaired) electrons. The first kappa shape index (κ1) is 18.6. The van der Waals surface area contributed by atoms with Crippen molar-refractivity contribution in [3.8, 4) is 0 Å². The van der Waals surface area contributed by atoms with Crippen LogP contribution >= 0.6 is 0 Å². The van der Waals surface area contributed by atoms with Crippen LogP contribution in [0, 0.1) is 6.92 Å². The molecule has 0 fully saturated rings. The van der Waals surface area contributed by atoms with Crippen LogP contribution in [0.15, 0.2) is 24.3 Å². The number of carbonyl (C=O) groups excluding carboxylic acids is 1. The maximum absolute atomic E-state index is 11.7. The normalized spacial score (nSPS) is 11.4. The summed E-state index contributed by atoms with van der Waals surface area (Å²) in [5.41, 5.74) is 2.32. The molecule has 0 atom stereocenters. The van der Waals surface area contributed by atoms with Gasteiger partial charge in [0.1, 0.15) is 0 Å². The summed E-state index contributed by atoms with van der Waals surface area (Å²) in [5.74, 6) is 0.0820. The zero-order chi connectivity index (χ0) is 16.4. The summed E-state index contributed by atoms with van der Waals surface area (Å²) in [6.07, 6.45) is 2.59. The maximum Gasteiger partial charge on any atom is 0.220 e. The highest BCUT2D eigenvalue weighted by atomic mass is 32.2. The molecule has 0 saturated carbocycles. The Hall–Kier alpha value is -1.40. The van der Waals surface area contributed by atoms with Gasteiger partial charge in [-0.15, -0.1) is 0 Å². The van der Waals surface area contributed by atoms with Crippen LogP contribution in [0.5, 0.6) is 0 Å². The zero-order valence-corrected chi connectivity index (χ0v) is 14.2. The summed E-state index contributed by atoms with van der Waals surface area (Å²) >= 11 is 0. The Morgan fingerprint density at radius 2 is 1.82 bits per heavy atom. The van der Waals surface area contributed by atoms with E-state index in [-0.39, 0.29) is 18.2 Å². The Morgan fingerprint density at radius 1 is 1.14 bits per heavy atom. The molecule has 1 aromatic carbocycles. The minimum Gasteiger partial charge on any atom is -0.355 e. The Kier molecular flexibility index (Phi) is 8.12. The van der Waals surface area contributed by atoms with E-state index in [1.54, 1.807) is 0 Å². The molecule has 6 heteroatoms. The van der Waals surface area contributed by atoms with Gasteiger partial charge in [0.15, 0.2) is 0 Å². The van der Waals surface area contributed by atoms with Crippen molar-refractivity contribution in [3.63, 3.8) is 0 Å². The lowest BCUT2D eigenvalue weighted by molar-refractivity contribution is -0.121. The van der Waals surface area contributed by atoms with E-state index in [0.29, 0.717) is 25.8 Å².